The molecule has 32 heavy (non-hydrogen) atoms. The number of carbonyl (C=O) groups excluding carboxylic acids is 1. The first-order chi connectivity index (χ1) is 15.1. The Balaban J connectivity index is 2.07. The molecule has 172 valence electrons. The van der Waals surface area contributed by atoms with E-state index in [0.717, 1.165) is 10.4 Å². The monoisotopic (exact) mass is 454 g/mol. The summed E-state index contributed by atoms with van der Waals surface area (Å²) in [6.07, 6.45) is 1.05. The van der Waals surface area contributed by atoms with Crippen LogP contribution in [0.4, 0.5) is 0 Å². The van der Waals surface area contributed by atoms with Gasteiger partial charge in [0.05, 0.1) is 18.4 Å². The lowest BCUT2D eigenvalue weighted by Crippen LogP contribution is -2.68. The Labute approximate surface area is 191 Å². The molecule has 0 radical (unpaired) electrons. The number of carboxylic acids is 1. The second-order valence-corrected chi connectivity index (χ2v) is 14.2. The average molecular weight is 455 g/mol. The van der Waals surface area contributed by atoms with E-state index in [4.69, 9.17) is 9.16 Å². The third-order valence-corrected chi connectivity index (χ3v) is 12.1. The molecule has 1 saturated carbocycles. The fraction of sp³-hybridized carbons (Fsp3) is 0.462. The molecule has 5 nitrogen and oxygen atoms in total. The van der Waals surface area contributed by atoms with Crippen molar-refractivity contribution in [2.75, 3.05) is 7.11 Å². The maximum Gasteiger partial charge on any atom is 0.312 e. The van der Waals surface area contributed by atoms with Crippen LogP contribution in [-0.4, -0.2) is 38.6 Å². The molecule has 0 saturated heterocycles. The molecule has 0 unspecified atom stereocenters. The van der Waals surface area contributed by atoms with Gasteiger partial charge in [-0.05, 0) is 41.6 Å². The van der Waals surface area contributed by atoms with Crippen LogP contribution in [0.5, 0.6) is 0 Å². The van der Waals surface area contributed by atoms with E-state index >= 15 is 0 Å². The maximum atomic E-state index is 12.5. The summed E-state index contributed by atoms with van der Waals surface area (Å²) in [4.78, 5) is 24.7. The fourth-order valence-corrected chi connectivity index (χ4v) is 9.90. The van der Waals surface area contributed by atoms with Gasteiger partial charge in [0, 0.05) is 6.10 Å². The molecule has 0 bridgehead atoms. The number of hydrogen-bond acceptors (Lipinski definition) is 4. The van der Waals surface area contributed by atoms with Crippen molar-refractivity contribution in [1.82, 2.24) is 0 Å². The summed E-state index contributed by atoms with van der Waals surface area (Å²) in [7, 11) is -1.48. The third kappa shape index (κ3) is 4.26. The van der Waals surface area contributed by atoms with Crippen molar-refractivity contribution < 1.29 is 23.9 Å². The van der Waals surface area contributed by atoms with Crippen molar-refractivity contribution in [2.24, 2.45) is 11.3 Å². The number of carboxylic acid groups (broad SMARTS) is 1. The molecule has 0 amide bonds. The van der Waals surface area contributed by atoms with Crippen molar-refractivity contribution >= 4 is 30.6 Å². The van der Waals surface area contributed by atoms with Gasteiger partial charge in [0.1, 0.15) is 0 Å². The van der Waals surface area contributed by atoms with Crippen molar-refractivity contribution in [3.63, 3.8) is 0 Å². The largest absolute Gasteiger partial charge is 0.481 e. The number of methoxy groups -OCH3 is 1. The highest BCUT2D eigenvalue weighted by molar-refractivity contribution is 6.99. The van der Waals surface area contributed by atoms with E-state index in [9.17, 15) is 14.7 Å². The van der Waals surface area contributed by atoms with Gasteiger partial charge in [-0.15, -0.1) is 0 Å². The van der Waals surface area contributed by atoms with Gasteiger partial charge in [-0.25, -0.2) is 0 Å². The second-order valence-electron chi connectivity index (χ2n) is 9.98. The number of ether oxygens (including phenoxy) is 1. The first kappa shape index (κ1) is 24.2. The lowest BCUT2D eigenvalue weighted by Gasteiger charge is -2.48. The van der Waals surface area contributed by atoms with Crippen molar-refractivity contribution in [1.29, 1.82) is 0 Å². The second kappa shape index (κ2) is 9.20. The predicted molar refractivity (Wildman–Crippen MR) is 128 cm³/mol. The van der Waals surface area contributed by atoms with E-state index in [0.29, 0.717) is 12.8 Å². The van der Waals surface area contributed by atoms with Crippen molar-refractivity contribution in [2.45, 2.75) is 58.1 Å². The molecule has 0 heterocycles. The van der Waals surface area contributed by atoms with Crippen LogP contribution in [0, 0.1) is 11.3 Å². The minimum Gasteiger partial charge on any atom is -0.481 e. The van der Waals surface area contributed by atoms with Crippen LogP contribution in [0.15, 0.2) is 60.7 Å². The molecule has 0 aromatic heterocycles. The number of rotatable bonds is 6. The Morgan fingerprint density at radius 1 is 1.00 bits per heavy atom. The molecule has 1 aliphatic rings. The summed E-state index contributed by atoms with van der Waals surface area (Å²) in [5, 5.41) is 12.1. The summed E-state index contributed by atoms with van der Waals surface area (Å²) in [5.74, 6) is -2.30. The SMILES string of the molecule is COC(=O)[C@@]1(C)CC[C@@H](O[Si](c2ccccc2)(c2ccccc2)C(C)(C)C)C[C@H]1C(=O)O. The molecule has 0 aliphatic heterocycles. The van der Waals surface area contributed by atoms with Gasteiger partial charge in [-0.3, -0.25) is 9.59 Å². The first-order valence-electron chi connectivity index (χ1n) is 11.2. The molecule has 3 rings (SSSR count). The van der Waals surface area contributed by atoms with Gasteiger partial charge in [0.25, 0.3) is 8.32 Å². The van der Waals surface area contributed by atoms with Crippen LogP contribution < -0.4 is 10.4 Å². The standard InChI is InChI=1S/C26H34O5Si/c1-25(2,3)32(20-12-8-6-9-13-20,21-14-10-7-11-15-21)31-19-16-17-26(4,24(29)30-5)22(18-19)23(27)28/h6-15,19,22H,16-18H2,1-5H3,(H,27,28)/t19-,22+,26+/m1/s1. The third-order valence-electron chi connectivity index (χ3n) is 6.96. The number of benzene rings is 2. The predicted octanol–water partition coefficient (Wildman–Crippen LogP) is 4.00. The van der Waals surface area contributed by atoms with Gasteiger partial charge in [-0.1, -0.05) is 81.4 Å². The Bertz CT molecular complexity index is 898. The Hall–Kier alpha value is -2.44. The minimum atomic E-state index is -2.79. The van der Waals surface area contributed by atoms with E-state index in [-0.39, 0.29) is 17.6 Å². The molecule has 2 aromatic rings. The molecular weight excluding hydrogens is 420 g/mol. The van der Waals surface area contributed by atoms with Crippen LogP contribution in [0.2, 0.25) is 5.04 Å². The molecule has 1 N–H and O–H groups in total. The van der Waals surface area contributed by atoms with E-state index in [1.165, 1.54) is 7.11 Å². The maximum absolute atomic E-state index is 12.5. The molecule has 1 aliphatic carbocycles. The number of carbonyl (C=O) groups is 2. The zero-order valence-electron chi connectivity index (χ0n) is 19.6. The van der Waals surface area contributed by atoms with Crippen LogP contribution in [0.1, 0.15) is 47.0 Å². The quantitative estimate of drug-likeness (QED) is 0.528. The molecule has 6 heteroatoms. The highest BCUT2D eigenvalue weighted by atomic mass is 28.4. The highest BCUT2D eigenvalue weighted by Gasteiger charge is 2.55. The summed E-state index contributed by atoms with van der Waals surface area (Å²) < 4.78 is 12.1. The first-order valence-corrected chi connectivity index (χ1v) is 13.1. The van der Waals surface area contributed by atoms with E-state index in [2.05, 4.69) is 45.0 Å². The molecule has 2 aromatic carbocycles. The molecular formula is C26H34O5Si. The molecule has 3 atom stereocenters. The van der Waals surface area contributed by atoms with Crippen LogP contribution in [0.25, 0.3) is 0 Å². The number of hydrogen-bond donors (Lipinski definition) is 1. The normalized spacial score (nSPS) is 24.0. The van der Waals surface area contributed by atoms with Crippen molar-refractivity contribution in [3.05, 3.63) is 60.7 Å². The topological polar surface area (TPSA) is 72.8 Å². The minimum absolute atomic E-state index is 0.197. The lowest BCUT2D eigenvalue weighted by atomic mass is 9.66. The van der Waals surface area contributed by atoms with Gasteiger partial charge >= 0.3 is 11.9 Å². The Morgan fingerprint density at radius 2 is 1.50 bits per heavy atom. The fourth-order valence-electron chi connectivity index (χ4n) is 5.18. The van der Waals surface area contributed by atoms with Gasteiger partial charge in [0.15, 0.2) is 0 Å². The van der Waals surface area contributed by atoms with E-state index < -0.39 is 31.6 Å². The molecule has 0 spiro atoms. The summed E-state index contributed by atoms with van der Waals surface area (Å²) in [5.41, 5.74) is -1.05. The van der Waals surface area contributed by atoms with Gasteiger partial charge < -0.3 is 14.3 Å². The Morgan fingerprint density at radius 3 is 1.91 bits per heavy atom. The average Bonchev–Trinajstić information content (AvgIpc) is 2.78. The smallest absolute Gasteiger partial charge is 0.312 e. The summed E-state index contributed by atoms with van der Waals surface area (Å²) in [6.45, 7) is 8.32. The zero-order chi connectivity index (χ0) is 23.6. The summed E-state index contributed by atoms with van der Waals surface area (Å²) in [6, 6.07) is 20.6. The number of esters is 1. The lowest BCUT2D eigenvalue weighted by molar-refractivity contribution is -0.169. The van der Waals surface area contributed by atoms with Crippen LogP contribution >= 0.6 is 0 Å². The van der Waals surface area contributed by atoms with E-state index in [1.807, 2.05) is 36.4 Å². The highest BCUT2D eigenvalue weighted by Crippen LogP contribution is 2.46. The van der Waals surface area contributed by atoms with Gasteiger partial charge in [0.2, 0.25) is 0 Å². The van der Waals surface area contributed by atoms with Crippen LogP contribution in [-0.2, 0) is 18.8 Å². The summed E-state index contributed by atoms with van der Waals surface area (Å²) >= 11 is 0. The molecule has 1 fully saturated rings. The van der Waals surface area contributed by atoms with Gasteiger partial charge in [-0.2, -0.15) is 0 Å². The number of aliphatic carboxylic acids is 1. The van der Waals surface area contributed by atoms with E-state index in [1.54, 1.807) is 6.92 Å². The Kier molecular flexibility index (Phi) is 6.96. The van der Waals surface area contributed by atoms with Crippen LogP contribution in [0.3, 0.4) is 0 Å². The van der Waals surface area contributed by atoms with Crippen molar-refractivity contribution in [3.8, 4) is 0 Å². The zero-order valence-corrected chi connectivity index (χ0v) is 20.6.